The van der Waals surface area contributed by atoms with E-state index in [1.165, 1.54) is 0 Å². The van der Waals surface area contributed by atoms with Crippen LogP contribution in [0.5, 0.6) is 0 Å². The van der Waals surface area contributed by atoms with E-state index in [2.05, 4.69) is 22.9 Å². The molecule has 0 atom stereocenters. The Morgan fingerprint density at radius 3 is 2.73 bits per heavy atom. The summed E-state index contributed by atoms with van der Waals surface area (Å²) in [6.45, 7) is 7.15. The van der Waals surface area contributed by atoms with Crippen LogP contribution in [-0.2, 0) is 0 Å². The van der Waals surface area contributed by atoms with Crippen molar-refractivity contribution < 1.29 is 9.32 Å². The molecule has 22 heavy (non-hydrogen) atoms. The lowest BCUT2D eigenvalue weighted by Gasteiger charge is -2.31. The van der Waals surface area contributed by atoms with E-state index >= 15 is 0 Å². The molecular weight excluding hydrogens is 300 g/mol. The molecule has 1 N–H and O–H groups in total. The average molecular weight is 318 g/mol. The molecule has 0 bridgehead atoms. The van der Waals surface area contributed by atoms with Crippen molar-refractivity contribution in [2.45, 2.75) is 6.92 Å². The van der Waals surface area contributed by atoms with Crippen LogP contribution in [0.25, 0.3) is 11.5 Å². The van der Waals surface area contributed by atoms with Crippen molar-refractivity contribution in [1.29, 1.82) is 5.26 Å². The lowest BCUT2D eigenvalue weighted by Crippen LogP contribution is -3.14. The fraction of sp³-hybridized carbons (Fsp3) is 0.375. The third-order valence-corrected chi connectivity index (χ3v) is 4.41. The maximum absolute atomic E-state index is 9.34. The number of hydrogen-bond donors (Lipinski definition) is 1. The van der Waals surface area contributed by atoms with E-state index in [1.807, 2.05) is 18.2 Å². The van der Waals surface area contributed by atoms with E-state index in [0.29, 0.717) is 28.1 Å². The molecule has 1 aromatic carbocycles. The predicted molar refractivity (Wildman–Crippen MR) is 85.1 cm³/mol. The molecule has 0 amide bonds. The number of nitriles is 1. The smallest absolute Gasteiger partial charge is 0.235 e. The SMILES string of the molecule is CC[NH+]1CCN(c2oc(-c3ccccc3Cl)nc2C#N)CC1. The van der Waals surface area contributed by atoms with Gasteiger partial charge in [0.2, 0.25) is 17.5 Å². The molecule has 5 nitrogen and oxygen atoms in total. The minimum absolute atomic E-state index is 0.329. The number of oxazole rings is 1. The third-order valence-electron chi connectivity index (χ3n) is 4.08. The maximum Gasteiger partial charge on any atom is 0.235 e. The molecule has 0 unspecified atom stereocenters. The lowest BCUT2D eigenvalue weighted by molar-refractivity contribution is -0.898. The normalized spacial score (nSPS) is 15.8. The molecule has 0 spiro atoms. The summed E-state index contributed by atoms with van der Waals surface area (Å²) in [7, 11) is 0. The largest absolute Gasteiger partial charge is 0.419 e. The van der Waals surface area contributed by atoms with Crippen molar-refractivity contribution in [3.05, 3.63) is 35.0 Å². The Morgan fingerprint density at radius 1 is 1.36 bits per heavy atom. The molecule has 0 aliphatic carbocycles. The van der Waals surface area contributed by atoms with E-state index in [4.69, 9.17) is 16.0 Å². The fourth-order valence-corrected chi connectivity index (χ4v) is 2.95. The Bertz CT molecular complexity index is 698. The molecule has 6 heteroatoms. The Labute approximate surface area is 134 Å². The van der Waals surface area contributed by atoms with Gasteiger partial charge in [-0.25, -0.2) is 0 Å². The first kappa shape index (κ1) is 14.9. The highest BCUT2D eigenvalue weighted by molar-refractivity contribution is 6.33. The van der Waals surface area contributed by atoms with Crippen molar-refractivity contribution in [3.8, 4) is 17.5 Å². The molecule has 1 aliphatic rings. The van der Waals surface area contributed by atoms with Gasteiger partial charge in [-0.15, -0.1) is 0 Å². The zero-order valence-electron chi connectivity index (χ0n) is 12.5. The summed E-state index contributed by atoms with van der Waals surface area (Å²) in [5.74, 6) is 0.968. The molecule has 0 radical (unpaired) electrons. The first-order valence-electron chi connectivity index (χ1n) is 7.47. The topological polar surface area (TPSA) is 57.5 Å². The van der Waals surface area contributed by atoms with Gasteiger partial charge in [0.25, 0.3) is 0 Å². The highest BCUT2D eigenvalue weighted by Crippen LogP contribution is 2.32. The van der Waals surface area contributed by atoms with Crippen LogP contribution in [0.1, 0.15) is 12.6 Å². The minimum atomic E-state index is 0.329. The number of rotatable bonds is 3. The van der Waals surface area contributed by atoms with Gasteiger partial charge in [-0.1, -0.05) is 23.7 Å². The van der Waals surface area contributed by atoms with Crippen molar-refractivity contribution in [1.82, 2.24) is 4.98 Å². The number of quaternary nitrogens is 1. The molecule has 1 fully saturated rings. The maximum atomic E-state index is 9.34. The number of benzene rings is 1. The van der Waals surface area contributed by atoms with Crippen LogP contribution >= 0.6 is 11.6 Å². The number of nitrogens with zero attached hydrogens (tertiary/aromatic N) is 3. The van der Waals surface area contributed by atoms with Crippen LogP contribution in [0, 0.1) is 11.3 Å². The van der Waals surface area contributed by atoms with Crippen LogP contribution in [0.15, 0.2) is 28.7 Å². The molecule has 0 saturated carbocycles. The number of halogens is 1. The standard InChI is InChI=1S/C16H17ClN4O/c1-2-20-7-9-21(10-8-20)16-14(11-18)19-15(22-16)12-5-3-4-6-13(12)17/h3-6H,2,7-10H2,1H3/p+1. The Balaban J connectivity index is 1.90. The molecule has 1 saturated heterocycles. The van der Waals surface area contributed by atoms with Gasteiger partial charge in [-0.05, 0) is 19.1 Å². The van der Waals surface area contributed by atoms with Crippen LogP contribution in [0.2, 0.25) is 5.02 Å². The summed E-state index contributed by atoms with van der Waals surface area (Å²) in [6, 6.07) is 9.49. The van der Waals surface area contributed by atoms with Gasteiger partial charge in [-0.2, -0.15) is 10.2 Å². The summed E-state index contributed by atoms with van der Waals surface area (Å²) in [5.41, 5.74) is 1.04. The highest BCUT2D eigenvalue weighted by atomic mass is 35.5. The molecular formula is C16H18ClN4O+. The predicted octanol–water partition coefficient (Wildman–Crippen LogP) is 1.59. The summed E-state index contributed by atoms with van der Waals surface area (Å²) in [5, 5.41) is 9.91. The van der Waals surface area contributed by atoms with Crippen LogP contribution in [-0.4, -0.2) is 37.7 Å². The van der Waals surface area contributed by atoms with Crippen LogP contribution < -0.4 is 9.80 Å². The van der Waals surface area contributed by atoms with Crippen molar-refractivity contribution in [2.24, 2.45) is 0 Å². The Hall–Kier alpha value is -2.03. The quantitative estimate of drug-likeness (QED) is 0.934. The molecule has 2 heterocycles. The van der Waals surface area contributed by atoms with Gasteiger partial charge >= 0.3 is 0 Å². The fourth-order valence-electron chi connectivity index (χ4n) is 2.73. The second-order valence-corrected chi connectivity index (χ2v) is 5.76. The molecule has 2 aromatic rings. The van der Waals surface area contributed by atoms with Crippen molar-refractivity contribution in [2.75, 3.05) is 37.6 Å². The Kier molecular flexibility index (Phi) is 4.32. The van der Waals surface area contributed by atoms with E-state index < -0.39 is 0 Å². The van der Waals surface area contributed by atoms with E-state index in [-0.39, 0.29) is 0 Å². The van der Waals surface area contributed by atoms with Crippen molar-refractivity contribution >= 4 is 17.5 Å². The van der Waals surface area contributed by atoms with Crippen molar-refractivity contribution in [3.63, 3.8) is 0 Å². The van der Waals surface area contributed by atoms with Crippen LogP contribution in [0.4, 0.5) is 5.88 Å². The van der Waals surface area contributed by atoms with Gasteiger partial charge in [0.05, 0.1) is 43.3 Å². The van der Waals surface area contributed by atoms with E-state index in [1.54, 1.807) is 11.0 Å². The summed E-state index contributed by atoms with van der Waals surface area (Å²) < 4.78 is 5.88. The number of anilines is 1. The average Bonchev–Trinajstić information content (AvgIpc) is 2.99. The van der Waals surface area contributed by atoms with Gasteiger partial charge in [0, 0.05) is 0 Å². The number of likely N-dealkylation sites (N-methyl/N-ethyl adjacent to an activating group) is 1. The van der Waals surface area contributed by atoms with E-state index in [0.717, 1.165) is 32.7 Å². The minimum Gasteiger partial charge on any atom is -0.419 e. The number of aromatic nitrogens is 1. The van der Waals surface area contributed by atoms with Gasteiger partial charge in [-0.3, -0.25) is 0 Å². The molecule has 3 rings (SSSR count). The van der Waals surface area contributed by atoms with Gasteiger partial charge in [0.1, 0.15) is 6.07 Å². The first-order chi connectivity index (χ1) is 10.7. The lowest BCUT2D eigenvalue weighted by atomic mass is 10.2. The molecule has 1 aromatic heterocycles. The number of hydrogen-bond acceptors (Lipinski definition) is 4. The summed E-state index contributed by atoms with van der Waals surface area (Å²) in [6.07, 6.45) is 0. The summed E-state index contributed by atoms with van der Waals surface area (Å²) >= 11 is 6.19. The molecule has 114 valence electrons. The second-order valence-electron chi connectivity index (χ2n) is 5.36. The van der Waals surface area contributed by atoms with Gasteiger partial charge in [0.15, 0.2) is 0 Å². The van der Waals surface area contributed by atoms with Crippen LogP contribution in [0.3, 0.4) is 0 Å². The number of nitrogens with one attached hydrogen (secondary N) is 1. The number of piperazine rings is 1. The summed E-state index contributed by atoms with van der Waals surface area (Å²) in [4.78, 5) is 7.99. The Morgan fingerprint density at radius 2 is 2.09 bits per heavy atom. The third kappa shape index (κ3) is 2.80. The zero-order chi connectivity index (χ0) is 15.5. The van der Waals surface area contributed by atoms with Gasteiger partial charge < -0.3 is 14.2 Å². The monoisotopic (exact) mass is 317 g/mol. The second kappa shape index (κ2) is 6.39. The zero-order valence-corrected chi connectivity index (χ0v) is 13.2. The first-order valence-corrected chi connectivity index (χ1v) is 7.85. The highest BCUT2D eigenvalue weighted by Gasteiger charge is 2.26. The van der Waals surface area contributed by atoms with E-state index in [9.17, 15) is 5.26 Å². The molecule has 1 aliphatic heterocycles.